The molecule has 3 aromatic rings. The van der Waals surface area contributed by atoms with Gasteiger partial charge in [-0.25, -0.2) is 0 Å². The van der Waals surface area contributed by atoms with Gasteiger partial charge in [-0.1, -0.05) is 12.1 Å². The first kappa shape index (κ1) is 15.8. The van der Waals surface area contributed by atoms with E-state index in [1.807, 2.05) is 30.3 Å². The van der Waals surface area contributed by atoms with Gasteiger partial charge in [-0.2, -0.15) is 0 Å². The van der Waals surface area contributed by atoms with Crippen molar-refractivity contribution in [1.29, 1.82) is 0 Å². The molecule has 5 nitrogen and oxygen atoms in total. The first-order valence-corrected chi connectivity index (χ1v) is 7.61. The fourth-order valence-electron chi connectivity index (χ4n) is 2.44. The zero-order valence-corrected chi connectivity index (χ0v) is 13.4. The van der Waals surface area contributed by atoms with E-state index in [4.69, 9.17) is 9.15 Å². The van der Waals surface area contributed by atoms with Crippen molar-refractivity contribution >= 4 is 5.91 Å². The number of amides is 1. The molecule has 0 N–H and O–H groups in total. The molecular formula is C19H18N2O3. The molecule has 2 heterocycles. The molecule has 24 heavy (non-hydrogen) atoms. The Morgan fingerprint density at radius 1 is 1.17 bits per heavy atom. The lowest BCUT2D eigenvalue weighted by Gasteiger charge is -2.22. The van der Waals surface area contributed by atoms with Crippen LogP contribution in [0.4, 0.5) is 0 Å². The van der Waals surface area contributed by atoms with E-state index in [2.05, 4.69) is 4.98 Å². The number of hydrogen-bond donors (Lipinski definition) is 0. The molecule has 5 heteroatoms. The van der Waals surface area contributed by atoms with E-state index in [-0.39, 0.29) is 5.91 Å². The first-order valence-electron chi connectivity index (χ1n) is 7.61. The highest BCUT2D eigenvalue weighted by Crippen LogP contribution is 2.18. The molecule has 0 bridgehead atoms. The molecule has 0 saturated heterocycles. The van der Waals surface area contributed by atoms with Gasteiger partial charge in [0, 0.05) is 24.5 Å². The second-order valence-corrected chi connectivity index (χ2v) is 5.33. The minimum absolute atomic E-state index is 0.0887. The molecule has 0 unspecified atom stereocenters. The molecule has 0 spiro atoms. The van der Waals surface area contributed by atoms with Gasteiger partial charge in [0.2, 0.25) is 0 Å². The Morgan fingerprint density at radius 2 is 2.08 bits per heavy atom. The summed E-state index contributed by atoms with van der Waals surface area (Å²) in [5.41, 5.74) is 1.53. The van der Waals surface area contributed by atoms with Crippen LogP contribution in [0.5, 0.6) is 5.75 Å². The zero-order valence-electron chi connectivity index (χ0n) is 13.4. The standard InChI is InChI=1S/C19H18N2O3/c1-23-17-7-2-6-16(11-17)19(22)21(14-18-8-4-10-24-18)13-15-5-3-9-20-12-15/h2-12H,13-14H2,1H3. The third-order valence-corrected chi connectivity index (χ3v) is 3.63. The Labute approximate surface area is 140 Å². The van der Waals surface area contributed by atoms with Crippen LogP contribution < -0.4 is 4.74 Å². The van der Waals surface area contributed by atoms with Crippen LogP contribution in [0.2, 0.25) is 0 Å². The molecule has 3 rings (SSSR count). The van der Waals surface area contributed by atoms with Crippen LogP contribution in [-0.2, 0) is 13.1 Å². The summed E-state index contributed by atoms with van der Waals surface area (Å²) in [6.07, 6.45) is 5.08. The van der Waals surface area contributed by atoms with Crippen molar-refractivity contribution < 1.29 is 13.9 Å². The second-order valence-electron chi connectivity index (χ2n) is 5.33. The maximum Gasteiger partial charge on any atom is 0.254 e. The molecule has 122 valence electrons. The number of carbonyl (C=O) groups excluding carboxylic acids is 1. The monoisotopic (exact) mass is 322 g/mol. The lowest BCUT2D eigenvalue weighted by atomic mass is 10.1. The average molecular weight is 322 g/mol. The van der Waals surface area contributed by atoms with Crippen molar-refractivity contribution in [2.24, 2.45) is 0 Å². The van der Waals surface area contributed by atoms with Crippen LogP contribution in [-0.4, -0.2) is 22.9 Å². The zero-order chi connectivity index (χ0) is 16.8. The molecule has 0 saturated carbocycles. The Bertz CT molecular complexity index is 785. The minimum atomic E-state index is -0.0887. The highest BCUT2D eigenvalue weighted by Gasteiger charge is 2.18. The van der Waals surface area contributed by atoms with E-state index >= 15 is 0 Å². The number of pyridine rings is 1. The van der Waals surface area contributed by atoms with Gasteiger partial charge in [-0.05, 0) is 42.0 Å². The number of hydrogen-bond acceptors (Lipinski definition) is 4. The molecule has 0 aliphatic rings. The second kappa shape index (κ2) is 7.46. The fourth-order valence-corrected chi connectivity index (χ4v) is 2.44. The van der Waals surface area contributed by atoms with Crippen molar-refractivity contribution in [3.63, 3.8) is 0 Å². The van der Waals surface area contributed by atoms with Crippen LogP contribution in [0.25, 0.3) is 0 Å². The summed E-state index contributed by atoms with van der Waals surface area (Å²) in [7, 11) is 1.58. The number of nitrogens with zero attached hydrogens (tertiary/aromatic N) is 2. The maximum absolute atomic E-state index is 13.0. The van der Waals surface area contributed by atoms with Gasteiger partial charge >= 0.3 is 0 Å². The summed E-state index contributed by atoms with van der Waals surface area (Å²) >= 11 is 0. The van der Waals surface area contributed by atoms with Crippen LogP contribution in [0.15, 0.2) is 71.6 Å². The van der Waals surface area contributed by atoms with Gasteiger partial charge in [0.05, 0.1) is 19.9 Å². The number of aromatic nitrogens is 1. The van der Waals surface area contributed by atoms with E-state index in [0.717, 1.165) is 11.3 Å². The molecule has 0 aliphatic carbocycles. The van der Waals surface area contributed by atoms with Gasteiger partial charge in [0.1, 0.15) is 11.5 Å². The summed E-state index contributed by atoms with van der Waals surface area (Å²) in [6.45, 7) is 0.836. The number of methoxy groups -OCH3 is 1. The summed E-state index contributed by atoms with van der Waals surface area (Å²) in [4.78, 5) is 18.8. The topological polar surface area (TPSA) is 55.6 Å². The number of rotatable bonds is 6. The first-order chi connectivity index (χ1) is 11.8. The molecule has 0 fully saturated rings. The maximum atomic E-state index is 13.0. The molecular weight excluding hydrogens is 304 g/mol. The van der Waals surface area contributed by atoms with Gasteiger partial charge < -0.3 is 14.1 Å². The number of benzene rings is 1. The number of carbonyl (C=O) groups is 1. The van der Waals surface area contributed by atoms with E-state index in [0.29, 0.717) is 24.4 Å². The van der Waals surface area contributed by atoms with Gasteiger partial charge in [0.15, 0.2) is 0 Å². The predicted octanol–water partition coefficient (Wildman–Crippen LogP) is 3.53. The Morgan fingerprint density at radius 3 is 2.79 bits per heavy atom. The summed E-state index contributed by atoms with van der Waals surface area (Å²) in [5, 5.41) is 0. The Balaban J connectivity index is 1.86. The third kappa shape index (κ3) is 3.81. The average Bonchev–Trinajstić information content (AvgIpc) is 3.14. The lowest BCUT2D eigenvalue weighted by Crippen LogP contribution is -2.30. The quantitative estimate of drug-likeness (QED) is 0.697. The van der Waals surface area contributed by atoms with Crippen LogP contribution in [0.1, 0.15) is 21.7 Å². The number of furan rings is 1. The summed E-state index contributed by atoms with van der Waals surface area (Å²) in [5.74, 6) is 1.30. The van der Waals surface area contributed by atoms with Gasteiger partial charge in [-0.3, -0.25) is 9.78 Å². The minimum Gasteiger partial charge on any atom is -0.497 e. The van der Waals surface area contributed by atoms with Crippen molar-refractivity contribution in [2.45, 2.75) is 13.1 Å². The van der Waals surface area contributed by atoms with Crippen molar-refractivity contribution in [1.82, 2.24) is 9.88 Å². The van der Waals surface area contributed by atoms with Gasteiger partial charge in [0.25, 0.3) is 5.91 Å². The summed E-state index contributed by atoms with van der Waals surface area (Å²) < 4.78 is 10.6. The third-order valence-electron chi connectivity index (χ3n) is 3.63. The normalized spacial score (nSPS) is 10.4. The molecule has 1 amide bonds. The van der Waals surface area contributed by atoms with Crippen molar-refractivity contribution in [3.8, 4) is 5.75 Å². The van der Waals surface area contributed by atoms with Crippen LogP contribution in [0.3, 0.4) is 0 Å². The molecule has 1 aromatic carbocycles. The van der Waals surface area contributed by atoms with E-state index in [1.165, 1.54) is 0 Å². The smallest absolute Gasteiger partial charge is 0.254 e. The van der Waals surface area contributed by atoms with E-state index in [1.54, 1.807) is 48.9 Å². The SMILES string of the molecule is COc1cccc(C(=O)N(Cc2cccnc2)Cc2ccco2)c1. The Hall–Kier alpha value is -3.08. The highest BCUT2D eigenvalue weighted by atomic mass is 16.5. The lowest BCUT2D eigenvalue weighted by molar-refractivity contribution is 0.0717. The van der Waals surface area contributed by atoms with Crippen LogP contribution in [0, 0.1) is 0 Å². The predicted molar refractivity (Wildman–Crippen MR) is 89.5 cm³/mol. The molecule has 2 aromatic heterocycles. The fraction of sp³-hybridized carbons (Fsp3) is 0.158. The highest BCUT2D eigenvalue weighted by molar-refractivity contribution is 5.94. The molecule has 0 aliphatic heterocycles. The summed E-state index contributed by atoms with van der Waals surface area (Å²) in [6, 6.07) is 14.6. The largest absolute Gasteiger partial charge is 0.497 e. The van der Waals surface area contributed by atoms with Crippen LogP contribution >= 0.6 is 0 Å². The van der Waals surface area contributed by atoms with E-state index in [9.17, 15) is 4.79 Å². The van der Waals surface area contributed by atoms with Gasteiger partial charge in [-0.15, -0.1) is 0 Å². The molecule has 0 radical (unpaired) electrons. The number of ether oxygens (including phenoxy) is 1. The van der Waals surface area contributed by atoms with E-state index < -0.39 is 0 Å². The molecule has 0 atom stereocenters. The van der Waals surface area contributed by atoms with Crippen molar-refractivity contribution in [2.75, 3.05) is 7.11 Å². The Kier molecular flexibility index (Phi) is 4.91. The van der Waals surface area contributed by atoms with Crippen molar-refractivity contribution in [3.05, 3.63) is 84.1 Å².